The van der Waals surface area contributed by atoms with Crippen LogP contribution in [0.5, 0.6) is 0 Å². The molecule has 1 unspecified atom stereocenters. The zero-order valence-electron chi connectivity index (χ0n) is 12.6. The molecule has 0 aliphatic carbocycles. The Morgan fingerprint density at radius 2 is 1.72 bits per heavy atom. The lowest BCUT2D eigenvalue weighted by Crippen LogP contribution is -2.40. The average molecular weight is 257 g/mol. The molecule has 1 amide bonds. The first kappa shape index (κ1) is 17.4. The third-order valence-corrected chi connectivity index (χ3v) is 3.34. The normalized spacial score (nSPS) is 12.8. The van der Waals surface area contributed by atoms with E-state index in [1.807, 2.05) is 14.0 Å². The molecule has 0 aromatic rings. The minimum atomic E-state index is 0.139. The summed E-state index contributed by atoms with van der Waals surface area (Å²) in [5.74, 6) is 0.209. The Kier molecular flexibility index (Phi) is 9.98. The summed E-state index contributed by atoms with van der Waals surface area (Å²) >= 11 is 0. The molecule has 108 valence electrons. The monoisotopic (exact) mass is 257 g/mol. The van der Waals surface area contributed by atoms with Crippen molar-refractivity contribution in [3.8, 4) is 0 Å². The topological polar surface area (TPSA) is 49.6 Å². The Morgan fingerprint density at radius 3 is 2.17 bits per heavy atom. The van der Waals surface area contributed by atoms with Crippen molar-refractivity contribution >= 4 is 5.91 Å². The van der Waals surface area contributed by atoms with Crippen molar-refractivity contribution < 1.29 is 4.79 Å². The summed E-state index contributed by atoms with van der Waals surface area (Å²) in [5.41, 5.74) is 5.56. The third-order valence-electron chi connectivity index (χ3n) is 3.34. The summed E-state index contributed by atoms with van der Waals surface area (Å²) < 4.78 is 0. The number of likely N-dealkylation sites (N-methyl/N-ethyl adjacent to an activating group) is 1. The van der Waals surface area contributed by atoms with Crippen molar-refractivity contribution in [2.45, 2.75) is 52.5 Å². The maximum Gasteiger partial charge on any atom is 0.222 e. The van der Waals surface area contributed by atoms with Crippen molar-refractivity contribution in [1.82, 2.24) is 9.80 Å². The van der Waals surface area contributed by atoms with Gasteiger partial charge in [-0.1, -0.05) is 13.8 Å². The minimum absolute atomic E-state index is 0.139. The number of hydrogen-bond donors (Lipinski definition) is 1. The molecule has 18 heavy (non-hydrogen) atoms. The quantitative estimate of drug-likeness (QED) is 0.648. The summed E-state index contributed by atoms with van der Waals surface area (Å²) in [5, 5.41) is 0. The molecule has 2 N–H and O–H groups in total. The van der Waals surface area contributed by atoms with E-state index in [1.165, 1.54) is 12.8 Å². The van der Waals surface area contributed by atoms with Crippen molar-refractivity contribution in [3.05, 3.63) is 0 Å². The summed E-state index contributed by atoms with van der Waals surface area (Å²) in [6.07, 6.45) is 3.93. The van der Waals surface area contributed by atoms with Crippen LogP contribution in [0, 0.1) is 0 Å². The Bertz CT molecular complexity index is 215. The highest BCUT2D eigenvalue weighted by atomic mass is 16.2. The molecule has 0 bridgehead atoms. The second kappa shape index (κ2) is 10.3. The molecule has 0 radical (unpaired) electrons. The molecule has 4 nitrogen and oxygen atoms in total. The molecule has 0 fully saturated rings. The molecule has 4 heteroatoms. The number of amides is 1. The molecule has 0 aromatic carbocycles. The van der Waals surface area contributed by atoms with Crippen LogP contribution in [0.4, 0.5) is 0 Å². The van der Waals surface area contributed by atoms with Gasteiger partial charge in [0.2, 0.25) is 5.91 Å². The SMILES string of the molecule is CCCN(CCC)CCCC(=O)N(C)C(C)CN. The maximum atomic E-state index is 11.9. The van der Waals surface area contributed by atoms with E-state index in [2.05, 4.69) is 18.7 Å². The molecule has 0 spiro atoms. The Hall–Kier alpha value is -0.610. The fraction of sp³-hybridized carbons (Fsp3) is 0.929. The van der Waals surface area contributed by atoms with Crippen LogP contribution in [0.1, 0.15) is 46.5 Å². The molecule has 0 heterocycles. The number of carbonyl (C=O) groups is 1. The summed E-state index contributed by atoms with van der Waals surface area (Å²) in [7, 11) is 1.84. The van der Waals surface area contributed by atoms with E-state index in [0.29, 0.717) is 13.0 Å². The van der Waals surface area contributed by atoms with Gasteiger partial charge in [0.25, 0.3) is 0 Å². The largest absolute Gasteiger partial charge is 0.342 e. The number of nitrogens with zero attached hydrogens (tertiary/aromatic N) is 2. The average Bonchev–Trinajstić information content (AvgIpc) is 2.37. The molecule has 0 aliphatic heterocycles. The van der Waals surface area contributed by atoms with Crippen LogP contribution in [-0.4, -0.2) is 55.0 Å². The number of nitrogens with two attached hydrogens (primary N) is 1. The number of carbonyl (C=O) groups excluding carboxylic acids is 1. The molecule has 0 aromatic heterocycles. The maximum absolute atomic E-state index is 11.9. The van der Waals surface area contributed by atoms with Crippen LogP contribution in [0.15, 0.2) is 0 Å². The van der Waals surface area contributed by atoms with Gasteiger partial charge < -0.3 is 15.5 Å². The molecular weight excluding hydrogens is 226 g/mol. The van der Waals surface area contributed by atoms with E-state index in [0.717, 1.165) is 26.1 Å². The zero-order valence-corrected chi connectivity index (χ0v) is 12.6. The second-order valence-corrected chi connectivity index (χ2v) is 5.03. The Balaban J connectivity index is 3.90. The highest BCUT2D eigenvalue weighted by molar-refractivity contribution is 5.76. The second-order valence-electron chi connectivity index (χ2n) is 5.03. The summed E-state index contributed by atoms with van der Waals surface area (Å²) in [6, 6.07) is 0.139. The van der Waals surface area contributed by atoms with Gasteiger partial charge in [-0.2, -0.15) is 0 Å². The summed E-state index contributed by atoms with van der Waals surface area (Å²) in [4.78, 5) is 16.1. The van der Waals surface area contributed by atoms with Gasteiger partial charge in [-0.3, -0.25) is 4.79 Å². The lowest BCUT2D eigenvalue weighted by molar-refractivity contribution is -0.131. The standard InChI is InChI=1S/C14H31N3O/c1-5-9-17(10-6-2)11-7-8-14(18)16(4)13(3)12-15/h13H,5-12,15H2,1-4H3. The fourth-order valence-corrected chi connectivity index (χ4v) is 2.00. The van der Waals surface area contributed by atoms with Crippen LogP contribution in [0.2, 0.25) is 0 Å². The van der Waals surface area contributed by atoms with Crippen molar-refractivity contribution in [3.63, 3.8) is 0 Å². The lowest BCUT2D eigenvalue weighted by Gasteiger charge is -2.25. The van der Waals surface area contributed by atoms with Gasteiger partial charge in [-0.15, -0.1) is 0 Å². The van der Waals surface area contributed by atoms with Gasteiger partial charge in [0.15, 0.2) is 0 Å². The fourth-order valence-electron chi connectivity index (χ4n) is 2.00. The predicted molar refractivity (Wildman–Crippen MR) is 77.5 cm³/mol. The van der Waals surface area contributed by atoms with Crippen LogP contribution in [0.25, 0.3) is 0 Å². The van der Waals surface area contributed by atoms with Gasteiger partial charge in [-0.05, 0) is 45.8 Å². The smallest absolute Gasteiger partial charge is 0.222 e. The Morgan fingerprint density at radius 1 is 1.17 bits per heavy atom. The molecule has 1 atom stereocenters. The lowest BCUT2D eigenvalue weighted by atomic mass is 10.2. The van der Waals surface area contributed by atoms with Gasteiger partial charge in [-0.25, -0.2) is 0 Å². The number of rotatable bonds is 10. The van der Waals surface area contributed by atoms with E-state index >= 15 is 0 Å². The first-order valence-corrected chi connectivity index (χ1v) is 7.24. The summed E-state index contributed by atoms with van der Waals surface area (Å²) in [6.45, 7) is 10.2. The van der Waals surface area contributed by atoms with Gasteiger partial charge in [0.05, 0.1) is 0 Å². The van der Waals surface area contributed by atoms with Crippen LogP contribution < -0.4 is 5.73 Å². The minimum Gasteiger partial charge on any atom is -0.342 e. The molecule has 0 saturated carbocycles. The van der Waals surface area contributed by atoms with Crippen molar-refractivity contribution in [2.24, 2.45) is 5.73 Å². The van der Waals surface area contributed by atoms with Crippen LogP contribution in [0.3, 0.4) is 0 Å². The van der Waals surface area contributed by atoms with Gasteiger partial charge in [0, 0.05) is 26.1 Å². The van der Waals surface area contributed by atoms with Crippen LogP contribution >= 0.6 is 0 Å². The van der Waals surface area contributed by atoms with E-state index in [-0.39, 0.29) is 11.9 Å². The molecule has 0 rings (SSSR count). The number of hydrogen-bond acceptors (Lipinski definition) is 3. The Labute approximate surface area is 113 Å². The zero-order chi connectivity index (χ0) is 14.0. The first-order valence-electron chi connectivity index (χ1n) is 7.24. The van der Waals surface area contributed by atoms with E-state index < -0.39 is 0 Å². The van der Waals surface area contributed by atoms with E-state index in [9.17, 15) is 4.79 Å². The van der Waals surface area contributed by atoms with Crippen LogP contribution in [-0.2, 0) is 4.79 Å². The molecule has 0 saturated heterocycles. The molecule has 0 aliphatic rings. The third kappa shape index (κ3) is 6.97. The predicted octanol–water partition coefficient (Wildman–Crippen LogP) is 1.69. The first-order chi connectivity index (χ1) is 8.56. The van der Waals surface area contributed by atoms with E-state index in [4.69, 9.17) is 5.73 Å². The van der Waals surface area contributed by atoms with Gasteiger partial charge in [0.1, 0.15) is 0 Å². The van der Waals surface area contributed by atoms with E-state index in [1.54, 1.807) is 4.90 Å². The van der Waals surface area contributed by atoms with Crippen molar-refractivity contribution in [2.75, 3.05) is 33.2 Å². The van der Waals surface area contributed by atoms with Crippen molar-refractivity contribution in [1.29, 1.82) is 0 Å². The molecular formula is C14H31N3O. The van der Waals surface area contributed by atoms with Gasteiger partial charge >= 0.3 is 0 Å². The highest BCUT2D eigenvalue weighted by Gasteiger charge is 2.14. The highest BCUT2D eigenvalue weighted by Crippen LogP contribution is 2.03.